The summed E-state index contributed by atoms with van der Waals surface area (Å²) in [6.07, 6.45) is 1.86. The number of fused-ring (bicyclic) bond motifs is 1. The van der Waals surface area contributed by atoms with Crippen LogP contribution in [0.1, 0.15) is 0 Å². The minimum Gasteiger partial charge on any atom is -0.300 e. The summed E-state index contributed by atoms with van der Waals surface area (Å²) in [6.45, 7) is 4.15. The molecule has 2 nitrogen and oxygen atoms in total. The second-order valence-corrected chi connectivity index (χ2v) is 8.49. The maximum atomic E-state index is 5.24. The quantitative estimate of drug-likeness (QED) is 0.258. The third-order valence-corrected chi connectivity index (χ3v) is 6.41. The van der Waals surface area contributed by atoms with E-state index < -0.39 is 0 Å². The van der Waals surface area contributed by atoms with Gasteiger partial charge in [0.25, 0.3) is 0 Å². The Bertz CT molecular complexity index is 1620. The van der Waals surface area contributed by atoms with E-state index in [0.29, 0.717) is 0 Å². The van der Waals surface area contributed by atoms with Crippen LogP contribution in [0.15, 0.2) is 134 Å². The molecule has 166 valence electrons. The Kier molecular flexibility index (Phi) is 5.32. The van der Waals surface area contributed by atoms with E-state index in [4.69, 9.17) is 4.98 Å². The molecular weight excluding hydrogens is 424 g/mol. The van der Waals surface area contributed by atoms with Crippen molar-refractivity contribution in [3.8, 4) is 44.8 Å². The highest BCUT2D eigenvalue weighted by atomic mass is 15.1. The van der Waals surface area contributed by atoms with Crippen molar-refractivity contribution in [2.24, 2.45) is 0 Å². The van der Waals surface area contributed by atoms with Gasteiger partial charge in [0.15, 0.2) is 0 Å². The van der Waals surface area contributed by atoms with Gasteiger partial charge in [-0.1, -0.05) is 128 Å². The number of benzene rings is 5. The first-order valence-corrected chi connectivity index (χ1v) is 11.8. The first kappa shape index (κ1) is 20.9. The number of nitrogens with zero attached hydrogens (tertiary/aromatic N) is 2. The molecular formula is C33H24N2. The van der Waals surface area contributed by atoms with Crippen LogP contribution in [-0.4, -0.2) is 9.55 Å². The molecule has 0 fully saturated rings. The molecule has 1 aromatic heterocycles. The lowest BCUT2D eigenvalue weighted by Crippen LogP contribution is -1.94. The van der Waals surface area contributed by atoms with Crippen LogP contribution >= 0.6 is 0 Å². The van der Waals surface area contributed by atoms with E-state index in [1.807, 2.05) is 24.4 Å². The van der Waals surface area contributed by atoms with Gasteiger partial charge in [-0.3, -0.25) is 4.57 Å². The minimum atomic E-state index is 0.886. The highest BCUT2D eigenvalue weighted by molar-refractivity contribution is 6.08. The molecule has 0 saturated heterocycles. The van der Waals surface area contributed by atoms with Crippen LogP contribution in [0, 0.1) is 0 Å². The summed E-state index contributed by atoms with van der Waals surface area (Å²) in [6, 6.07) is 44.4. The number of imidazole rings is 1. The van der Waals surface area contributed by atoms with Gasteiger partial charge in [-0.2, -0.15) is 0 Å². The molecule has 0 aliphatic carbocycles. The van der Waals surface area contributed by atoms with E-state index in [1.165, 1.54) is 22.3 Å². The van der Waals surface area contributed by atoms with E-state index >= 15 is 0 Å². The predicted octanol–water partition coefficient (Wildman–Crippen LogP) is 8.80. The van der Waals surface area contributed by atoms with Crippen molar-refractivity contribution < 1.29 is 0 Å². The molecule has 1 heterocycles. The normalized spacial score (nSPS) is 11.0. The lowest BCUT2D eigenvalue weighted by atomic mass is 9.86. The van der Waals surface area contributed by atoms with Crippen molar-refractivity contribution in [3.63, 3.8) is 0 Å². The fourth-order valence-corrected chi connectivity index (χ4v) is 4.84. The van der Waals surface area contributed by atoms with Crippen LogP contribution in [0.4, 0.5) is 0 Å². The second-order valence-electron chi connectivity index (χ2n) is 8.49. The fraction of sp³-hybridized carbons (Fsp3) is 0. The Balaban J connectivity index is 1.82. The van der Waals surface area contributed by atoms with Crippen LogP contribution in [-0.2, 0) is 0 Å². The molecule has 35 heavy (non-hydrogen) atoms. The van der Waals surface area contributed by atoms with Gasteiger partial charge in [-0.25, -0.2) is 4.98 Å². The molecule has 0 unspecified atom stereocenters. The van der Waals surface area contributed by atoms with Gasteiger partial charge in [0.05, 0.1) is 11.0 Å². The van der Waals surface area contributed by atoms with Gasteiger partial charge >= 0.3 is 0 Å². The van der Waals surface area contributed by atoms with Crippen molar-refractivity contribution in [1.29, 1.82) is 0 Å². The summed E-state index contributed by atoms with van der Waals surface area (Å²) >= 11 is 0. The van der Waals surface area contributed by atoms with Crippen LogP contribution in [0.25, 0.3) is 62.0 Å². The van der Waals surface area contributed by atoms with Crippen molar-refractivity contribution in [3.05, 3.63) is 134 Å². The van der Waals surface area contributed by atoms with E-state index in [1.54, 1.807) is 0 Å². The number of aromatic nitrogens is 2. The zero-order valence-corrected chi connectivity index (χ0v) is 19.3. The van der Waals surface area contributed by atoms with Crippen molar-refractivity contribution in [2.75, 3.05) is 0 Å². The third-order valence-electron chi connectivity index (χ3n) is 6.41. The summed E-state index contributed by atoms with van der Waals surface area (Å²) in [5.74, 6) is 0.886. The molecule has 0 radical (unpaired) electrons. The molecule has 6 rings (SSSR count). The molecule has 5 aromatic carbocycles. The molecule has 2 heteroatoms. The number of rotatable bonds is 5. The van der Waals surface area contributed by atoms with Gasteiger partial charge in [0.2, 0.25) is 0 Å². The first-order valence-electron chi connectivity index (χ1n) is 11.8. The number of hydrogen-bond acceptors (Lipinski definition) is 1. The zero-order chi connectivity index (χ0) is 23.6. The van der Waals surface area contributed by atoms with Crippen LogP contribution in [0.2, 0.25) is 0 Å². The second kappa shape index (κ2) is 8.92. The zero-order valence-electron chi connectivity index (χ0n) is 19.3. The lowest BCUT2D eigenvalue weighted by molar-refractivity contribution is 1.19. The molecule has 0 amide bonds. The monoisotopic (exact) mass is 448 g/mol. The van der Waals surface area contributed by atoms with Gasteiger partial charge in [0.1, 0.15) is 5.82 Å². The molecule has 0 aliphatic heterocycles. The van der Waals surface area contributed by atoms with E-state index in [9.17, 15) is 0 Å². The molecule has 6 aromatic rings. The van der Waals surface area contributed by atoms with Gasteiger partial charge in [0, 0.05) is 17.3 Å². The summed E-state index contributed by atoms with van der Waals surface area (Å²) < 4.78 is 2.11. The largest absolute Gasteiger partial charge is 0.300 e. The van der Waals surface area contributed by atoms with Gasteiger partial charge in [-0.15, -0.1) is 0 Å². The van der Waals surface area contributed by atoms with Crippen LogP contribution in [0.5, 0.6) is 0 Å². The van der Waals surface area contributed by atoms with Crippen LogP contribution in [0.3, 0.4) is 0 Å². The summed E-state index contributed by atoms with van der Waals surface area (Å²) in [7, 11) is 0. The van der Waals surface area contributed by atoms with Crippen LogP contribution < -0.4 is 0 Å². The maximum Gasteiger partial charge on any atom is 0.145 e. The Morgan fingerprint density at radius 1 is 0.543 bits per heavy atom. The molecule has 0 saturated carbocycles. The predicted molar refractivity (Wildman–Crippen MR) is 148 cm³/mol. The van der Waals surface area contributed by atoms with E-state index in [2.05, 4.69) is 120 Å². The van der Waals surface area contributed by atoms with E-state index in [-0.39, 0.29) is 0 Å². The van der Waals surface area contributed by atoms with Gasteiger partial charge in [-0.05, 0) is 33.9 Å². The molecule has 0 aliphatic rings. The highest BCUT2D eigenvalue weighted by Crippen LogP contribution is 2.45. The third kappa shape index (κ3) is 3.66. The average molecular weight is 449 g/mol. The molecule has 0 atom stereocenters. The summed E-state index contributed by atoms with van der Waals surface area (Å²) in [5, 5.41) is 0. The average Bonchev–Trinajstić information content (AvgIpc) is 3.32. The summed E-state index contributed by atoms with van der Waals surface area (Å²) in [5.41, 5.74) is 10.0. The molecule has 0 N–H and O–H groups in total. The summed E-state index contributed by atoms with van der Waals surface area (Å²) in [4.78, 5) is 5.24. The smallest absolute Gasteiger partial charge is 0.145 e. The standard InChI is InChI=1S/C33H24N2/c1-2-35-29-23-28(24-15-7-3-8-16-24)30(25-17-9-4-10-18-25)31(26-19-11-5-12-20-26)32(29)34-33(35)27-21-13-6-14-22-27/h2-23H,1H2. The SMILES string of the molecule is C=Cn1c(-c2ccccc2)nc2c(-c3ccccc3)c(-c3ccccc3)c(-c3ccccc3)cc21. The maximum absolute atomic E-state index is 5.24. The van der Waals surface area contributed by atoms with Crippen molar-refractivity contribution >= 4 is 17.2 Å². The topological polar surface area (TPSA) is 17.8 Å². The molecule has 0 bridgehead atoms. The lowest BCUT2D eigenvalue weighted by Gasteiger charge is -2.18. The first-order chi connectivity index (χ1) is 17.3. The fourth-order valence-electron chi connectivity index (χ4n) is 4.84. The highest BCUT2D eigenvalue weighted by Gasteiger charge is 2.22. The van der Waals surface area contributed by atoms with E-state index in [0.717, 1.165) is 33.5 Å². The minimum absolute atomic E-state index is 0.886. The Hall–Kier alpha value is -4.69. The van der Waals surface area contributed by atoms with Crippen molar-refractivity contribution in [1.82, 2.24) is 9.55 Å². The molecule has 0 spiro atoms. The Morgan fingerprint density at radius 2 is 1.00 bits per heavy atom. The van der Waals surface area contributed by atoms with Crippen molar-refractivity contribution in [2.45, 2.75) is 0 Å². The van der Waals surface area contributed by atoms with Gasteiger partial charge < -0.3 is 0 Å². The Labute approximate surface area is 205 Å². The number of hydrogen-bond donors (Lipinski definition) is 0. The Morgan fingerprint density at radius 3 is 1.51 bits per heavy atom.